The molecule has 1 aromatic rings. The van der Waals surface area contributed by atoms with Crippen LogP contribution in [0.1, 0.15) is 30.9 Å². The van der Waals surface area contributed by atoms with Crippen LogP contribution in [0.3, 0.4) is 0 Å². The summed E-state index contributed by atoms with van der Waals surface area (Å²) in [5.74, 6) is 0.102. The van der Waals surface area contributed by atoms with Gasteiger partial charge in [-0.15, -0.1) is 0 Å². The smallest absolute Gasteiger partial charge is 0.275 e. The maximum absolute atomic E-state index is 11.8. The van der Waals surface area contributed by atoms with Crippen molar-refractivity contribution < 1.29 is 9.72 Å². The van der Waals surface area contributed by atoms with Crippen molar-refractivity contribution in [1.29, 1.82) is 5.41 Å². The first-order valence-corrected chi connectivity index (χ1v) is 7.00. The quantitative estimate of drug-likeness (QED) is 0.495. The summed E-state index contributed by atoms with van der Waals surface area (Å²) in [7, 11) is 0. The average molecular weight is 305 g/mol. The Morgan fingerprint density at radius 1 is 1.62 bits per heavy atom. The summed E-state index contributed by atoms with van der Waals surface area (Å²) in [5, 5.41) is 20.8. The fraction of sp³-hybridized carbons (Fsp3) is 0.357. The first kappa shape index (κ1) is 15.2. The summed E-state index contributed by atoms with van der Waals surface area (Å²) in [6, 6.07) is 4.20. The Balaban J connectivity index is 2.36. The number of nitro groups is 1. The minimum Gasteiger partial charge on any atom is -0.342 e. The van der Waals surface area contributed by atoms with Crippen molar-refractivity contribution in [3.05, 3.63) is 39.4 Å². The van der Waals surface area contributed by atoms with Crippen LogP contribution >= 0.6 is 12.2 Å². The largest absolute Gasteiger partial charge is 0.342 e. The Hall–Kier alpha value is -2.15. The molecule has 1 atom stereocenters. The molecule has 0 spiro atoms. The lowest BCUT2D eigenvalue weighted by Crippen LogP contribution is -2.40. The van der Waals surface area contributed by atoms with Gasteiger partial charge in [-0.1, -0.05) is 24.4 Å². The summed E-state index contributed by atoms with van der Waals surface area (Å²) >= 11 is 4.79. The van der Waals surface area contributed by atoms with E-state index in [2.05, 4.69) is 0 Å². The highest BCUT2D eigenvalue weighted by Crippen LogP contribution is 2.32. The van der Waals surface area contributed by atoms with Crippen LogP contribution in [0.15, 0.2) is 18.2 Å². The Labute approximate surface area is 127 Å². The molecule has 0 radical (unpaired) electrons. The molecular formula is C14H15N3O3S. The second kappa shape index (κ2) is 6.09. The van der Waals surface area contributed by atoms with Crippen molar-refractivity contribution in [3.8, 4) is 0 Å². The van der Waals surface area contributed by atoms with Gasteiger partial charge in [0.05, 0.1) is 23.1 Å². The van der Waals surface area contributed by atoms with E-state index in [-0.39, 0.29) is 23.9 Å². The Morgan fingerprint density at radius 2 is 2.33 bits per heavy atom. The van der Waals surface area contributed by atoms with Gasteiger partial charge < -0.3 is 4.90 Å². The van der Waals surface area contributed by atoms with E-state index in [1.165, 1.54) is 13.0 Å². The highest BCUT2D eigenvalue weighted by atomic mass is 32.1. The van der Waals surface area contributed by atoms with Crippen LogP contribution in [0.2, 0.25) is 0 Å². The molecule has 0 fully saturated rings. The maximum Gasteiger partial charge on any atom is 0.275 e. The summed E-state index contributed by atoms with van der Waals surface area (Å²) < 4.78 is 0. The molecule has 0 saturated heterocycles. The Bertz CT molecular complexity index is 630. The molecule has 21 heavy (non-hydrogen) atoms. The van der Waals surface area contributed by atoms with Gasteiger partial charge in [0.2, 0.25) is 0 Å². The van der Waals surface area contributed by atoms with E-state index in [1.54, 1.807) is 22.4 Å². The zero-order valence-electron chi connectivity index (χ0n) is 11.5. The van der Waals surface area contributed by atoms with Crippen molar-refractivity contribution in [2.75, 3.05) is 0 Å². The number of Topliss-reactive ketones (excluding diaryl/α,β-unsaturated/α-hetero) is 1. The second-order valence-electron chi connectivity index (χ2n) is 4.91. The lowest BCUT2D eigenvalue weighted by molar-refractivity contribution is -0.385. The summed E-state index contributed by atoms with van der Waals surface area (Å²) in [4.78, 5) is 24.1. The molecule has 1 aromatic carbocycles. The molecule has 0 aromatic heterocycles. The number of fused-ring (bicyclic) bond motifs is 1. The Kier molecular flexibility index (Phi) is 4.42. The van der Waals surface area contributed by atoms with Crippen LogP contribution < -0.4 is 0 Å². The van der Waals surface area contributed by atoms with Gasteiger partial charge in [-0.3, -0.25) is 20.3 Å². The normalized spacial score (nSPS) is 14.7. The van der Waals surface area contributed by atoms with E-state index in [4.69, 9.17) is 17.6 Å². The van der Waals surface area contributed by atoms with Gasteiger partial charge in [-0.05, 0) is 25.1 Å². The minimum absolute atomic E-state index is 0.00289. The van der Waals surface area contributed by atoms with E-state index >= 15 is 0 Å². The number of amidine groups is 1. The van der Waals surface area contributed by atoms with Crippen molar-refractivity contribution in [2.24, 2.45) is 0 Å². The molecule has 1 aliphatic heterocycles. The third-order valence-electron chi connectivity index (χ3n) is 3.62. The van der Waals surface area contributed by atoms with E-state index in [0.717, 1.165) is 0 Å². The van der Waals surface area contributed by atoms with E-state index in [0.29, 0.717) is 24.0 Å². The molecule has 110 valence electrons. The van der Waals surface area contributed by atoms with Gasteiger partial charge in [0.15, 0.2) is 5.78 Å². The van der Waals surface area contributed by atoms with Gasteiger partial charge in [-0.25, -0.2) is 0 Å². The lowest BCUT2D eigenvalue weighted by atomic mass is 10.1. The van der Waals surface area contributed by atoms with Gasteiger partial charge in [0.25, 0.3) is 5.69 Å². The van der Waals surface area contributed by atoms with Gasteiger partial charge in [0.1, 0.15) is 5.84 Å². The maximum atomic E-state index is 11.8. The summed E-state index contributed by atoms with van der Waals surface area (Å²) in [6.07, 6.45) is 1.10. The average Bonchev–Trinajstić information content (AvgIpc) is 2.76. The second-order valence-corrected chi connectivity index (χ2v) is 5.24. The van der Waals surface area contributed by atoms with Crippen molar-refractivity contribution in [3.63, 3.8) is 0 Å². The molecule has 1 aliphatic rings. The molecule has 7 heteroatoms. The fourth-order valence-electron chi connectivity index (χ4n) is 2.61. The summed E-state index contributed by atoms with van der Waals surface area (Å²) in [5.41, 5.74) is 1.02. The number of thiocarbonyl (C=S) groups is 1. The summed E-state index contributed by atoms with van der Waals surface area (Å²) in [6.45, 7) is 1.69. The number of carbonyl (C=O) groups excluding carboxylic acids is 1. The van der Waals surface area contributed by atoms with E-state index in [9.17, 15) is 14.9 Å². The van der Waals surface area contributed by atoms with Crippen LogP contribution in [0, 0.1) is 15.5 Å². The first-order chi connectivity index (χ1) is 9.97. The third-order valence-corrected chi connectivity index (χ3v) is 3.86. The number of nitrogens with zero attached hydrogens (tertiary/aromatic N) is 2. The molecule has 1 heterocycles. The fourth-order valence-corrected chi connectivity index (χ4v) is 2.74. The number of carbonyl (C=O) groups is 1. The van der Waals surface area contributed by atoms with E-state index < -0.39 is 11.0 Å². The van der Waals surface area contributed by atoms with Crippen LogP contribution in [0.5, 0.6) is 0 Å². The number of benzene rings is 1. The molecule has 0 aliphatic carbocycles. The lowest BCUT2D eigenvalue weighted by Gasteiger charge is -2.26. The zero-order chi connectivity index (χ0) is 15.6. The highest BCUT2D eigenvalue weighted by Gasteiger charge is 2.35. The van der Waals surface area contributed by atoms with Crippen LogP contribution in [0.4, 0.5) is 5.69 Å². The number of hydrogen-bond donors (Lipinski definition) is 1. The van der Waals surface area contributed by atoms with Crippen molar-refractivity contribution in [2.45, 2.75) is 32.4 Å². The van der Waals surface area contributed by atoms with Crippen LogP contribution in [0.25, 0.3) is 0 Å². The number of ketones is 1. The SMILES string of the molecule is CC(=O)C(CCC=S)N1Cc2c(cccc2[N+](=O)[O-])C1=N. The van der Waals surface area contributed by atoms with Crippen LogP contribution in [-0.2, 0) is 11.3 Å². The predicted octanol–water partition coefficient (Wildman–Crippen LogP) is 2.47. The molecule has 0 bridgehead atoms. The zero-order valence-corrected chi connectivity index (χ0v) is 12.4. The first-order valence-electron chi connectivity index (χ1n) is 6.53. The molecule has 1 N–H and O–H groups in total. The third kappa shape index (κ3) is 2.82. The van der Waals surface area contributed by atoms with Crippen LogP contribution in [-0.4, -0.2) is 32.9 Å². The molecule has 0 saturated carbocycles. The molecule has 6 nitrogen and oxygen atoms in total. The number of hydrogen-bond acceptors (Lipinski definition) is 5. The number of nitro benzene ring substituents is 1. The van der Waals surface area contributed by atoms with Gasteiger partial charge >= 0.3 is 0 Å². The molecular weight excluding hydrogens is 290 g/mol. The van der Waals surface area contributed by atoms with Gasteiger partial charge in [-0.2, -0.15) is 0 Å². The highest BCUT2D eigenvalue weighted by molar-refractivity contribution is 7.78. The van der Waals surface area contributed by atoms with Crippen molar-refractivity contribution >= 4 is 34.9 Å². The minimum atomic E-state index is -0.469. The molecule has 2 rings (SSSR count). The topological polar surface area (TPSA) is 87.3 Å². The standard InChI is InChI=1S/C14H15N3O3S/c1-9(18)12(6-3-7-21)16-8-11-10(14(16)15)4-2-5-13(11)17(19)20/h2,4-5,7,12,15H,3,6,8H2,1H3. The van der Waals surface area contributed by atoms with E-state index in [1.807, 2.05) is 0 Å². The number of rotatable bonds is 6. The monoisotopic (exact) mass is 305 g/mol. The Morgan fingerprint density at radius 3 is 2.90 bits per heavy atom. The predicted molar refractivity (Wildman–Crippen MR) is 82.8 cm³/mol. The van der Waals surface area contributed by atoms with Crippen molar-refractivity contribution in [1.82, 2.24) is 4.90 Å². The number of nitrogens with one attached hydrogen (secondary N) is 1. The van der Waals surface area contributed by atoms with Gasteiger partial charge in [0, 0.05) is 11.6 Å². The molecule has 0 amide bonds. The molecule has 1 unspecified atom stereocenters.